The lowest BCUT2D eigenvalue weighted by Gasteiger charge is -2.12. The van der Waals surface area contributed by atoms with E-state index in [0.29, 0.717) is 6.42 Å². The van der Waals surface area contributed by atoms with Crippen LogP contribution in [0.15, 0.2) is 0 Å². The van der Waals surface area contributed by atoms with E-state index >= 15 is 0 Å². The fourth-order valence-electron chi connectivity index (χ4n) is 0.649. The zero-order valence-electron chi connectivity index (χ0n) is 9.79. The predicted molar refractivity (Wildman–Crippen MR) is 54.4 cm³/mol. The van der Waals surface area contributed by atoms with Crippen LogP contribution in [0.5, 0.6) is 0 Å². The highest BCUT2D eigenvalue weighted by Gasteiger charge is 2.26. The third kappa shape index (κ3) is 18.6. The lowest BCUT2D eigenvalue weighted by atomic mass is 10.2. The molecule has 0 aliphatic carbocycles. The molecule has 13 heavy (non-hydrogen) atoms. The first-order chi connectivity index (χ1) is 6.12. The summed E-state index contributed by atoms with van der Waals surface area (Å²) in [7, 11) is 1.28. The van der Waals surface area contributed by atoms with Crippen molar-refractivity contribution >= 4 is 0 Å². The summed E-state index contributed by atoms with van der Waals surface area (Å²) in [5, 5.41) is 0. The minimum atomic E-state index is -2.62. The Bertz CT molecular complexity index is 67.3. The van der Waals surface area contributed by atoms with Gasteiger partial charge < -0.3 is 4.74 Å². The van der Waals surface area contributed by atoms with Crippen molar-refractivity contribution in [3.63, 3.8) is 0 Å². The second kappa shape index (κ2) is 14.3. The summed E-state index contributed by atoms with van der Waals surface area (Å²) >= 11 is 0. The van der Waals surface area contributed by atoms with Gasteiger partial charge in [0.25, 0.3) is 5.92 Å². The van der Waals surface area contributed by atoms with Gasteiger partial charge in [-0.2, -0.15) is 0 Å². The maximum atomic E-state index is 12.3. The number of hydrogen-bond donors (Lipinski definition) is 0. The molecule has 0 rings (SSSR count). The van der Waals surface area contributed by atoms with E-state index < -0.39 is 12.5 Å². The molecule has 0 bridgehead atoms. The van der Waals surface area contributed by atoms with E-state index in [-0.39, 0.29) is 6.42 Å². The van der Waals surface area contributed by atoms with Crippen molar-refractivity contribution in [1.82, 2.24) is 0 Å². The van der Waals surface area contributed by atoms with Gasteiger partial charge in [0.1, 0.15) is 6.61 Å². The summed E-state index contributed by atoms with van der Waals surface area (Å²) in [4.78, 5) is 0. The van der Waals surface area contributed by atoms with Crippen LogP contribution >= 0.6 is 0 Å². The molecule has 84 valence electrons. The van der Waals surface area contributed by atoms with Gasteiger partial charge in [-0.3, -0.25) is 0 Å². The highest BCUT2D eigenvalue weighted by atomic mass is 19.3. The molecule has 0 unspecified atom stereocenters. The number of methoxy groups -OCH3 is 1. The van der Waals surface area contributed by atoms with E-state index in [4.69, 9.17) is 0 Å². The lowest BCUT2D eigenvalue weighted by Crippen LogP contribution is -2.22. The number of hydrogen-bond acceptors (Lipinski definition) is 1. The zero-order valence-corrected chi connectivity index (χ0v) is 9.79. The van der Waals surface area contributed by atoms with Crippen LogP contribution in [0.25, 0.3) is 0 Å². The molecular weight excluding hydrogens is 174 g/mol. The summed E-state index contributed by atoms with van der Waals surface area (Å²) < 4.78 is 28.9. The highest BCUT2D eigenvalue weighted by Crippen LogP contribution is 2.19. The molecule has 0 saturated carbocycles. The number of halogens is 2. The van der Waals surface area contributed by atoms with E-state index in [0.717, 1.165) is 0 Å². The smallest absolute Gasteiger partial charge is 0.270 e. The lowest BCUT2D eigenvalue weighted by molar-refractivity contribution is -0.0700. The fourth-order valence-corrected chi connectivity index (χ4v) is 0.649. The monoisotopic (exact) mass is 198 g/mol. The highest BCUT2D eigenvalue weighted by molar-refractivity contribution is 4.62. The van der Waals surface area contributed by atoms with Crippen molar-refractivity contribution in [2.45, 2.75) is 53.4 Å². The minimum Gasteiger partial charge on any atom is -0.378 e. The first kappa shape index (κ1) is 18.6. The number of ether oxygens (including phenoxy) is 1. The average molecular weight is 198 g/mol. The van der Waals surface area contributed by atoms with Crippen LogP contribution < -0.4 is 0 Å². The molecule has 0 N–H and O–H groups in total. The summed E-state index contributed by atoms with van der Waals surface area (Å²) in [6.07, 6.45) is 0.414. The van der Waals surface area contributed by atoms with E-state index in [9.17, 15) is 8.78 Å². The van der Waals surface area contributed by atoms with Gasteiger partial charge in [0.15, 0.2) is 0 Å². The second-order valence-electron chi connectivity index (χ2n) is 2.04. The molecule has 0 fully saturated rings. The quantitative estimate of drug-likeness (QED) is 0.660. The zero-order chi connectivity index (χ0) is 11.3. The number of rotatable bonds is 4. The molecular formula is C10H24F2O. The molecule has 0 aromatic heterocycles. The van der Waals surface area contributed by atoms with Gasteiger partial charge in [-0.05, 0) is 0 Å². The molecule has 3 heteroatoms. The Hall–Kier alpha value is -0.180. The van der Waals surface area contributed by atoms with Crippen molar-refractivity contribution in [3.8, 4) is 0 Å². The molecule has 0 radical (unpaired) electrons. The molecule has 0 aromatic carbocycles. The van der Waals surface area contributed by atoms with E-state index in [2.05, 4.69) is 4.74 Å². The Balaban J connectivity index is -0.000000218. The van der Waals surface area contributed by atoms with Gasteiger partial charge in [0.05, 0.1) is 0 Å². The molecule has 1 nitrogen and oxygen atoms in total. The maximum absolute atomic E-state index is 12.3. The second-order valence-corrected chi connectivity index (χ2v) is 2.04. The van der Waals surface area contributed by atoms with Gasteiger partial charge in [-0.25, -0.2) is 8.78 Å². The van der Waals surface area contributed by atoms with Crippen molar-refractivity contribution in [2.24, 2.45) is 0 Å². The topological polar surface area (TPSA) is 9.23 Å². The van der Waals surface area contributed by atoms with Crippen LogP contribution in [0.4, 0.5) is 8.78 Å². The Kier molecular flexibility index (Phi) is 20.5. The van der Waals surface area contributed by atoms with E-state index in [1.807, 2.05) is 27.7 Å². The molecule has 0 spiro atoms. The van der Waals surface area contributed by atoms with Crippen LogP contribution in [-0.2, 0) is 4.74 Å². The summed E-state index contributed by atoms with van der Waals surface area (Å²) in [6.45, 7) is 9.27. The maximum Gasteiger partial charge on any atom is 0.270 e. The van der Waals surface area contributed by atoms with Crippen LogP contribution in [0.2, 0.25) is 0 Å². The van der Waals surface area contributed by atoms with Crippen molar-refractivity contribution < 1.29 is 13.5 Å². The SMILES string of the molecule is CC.CC.CCCC(F)(F)COC. The normalized spacial score (nSPS) is 9.23. The van der Waals surface area contributed by atoms with E-state index in [1.54, 1.807) is 6.92 Å². The van der Waals surface area contributed by atoms with Crippen molar-refractivity contribution in [3.05, 3.63) is 0 Å². The third-order valence-corrected chi connectivity index (χ3v) is 0.971. The molecule has 0 amide bonds. The molecule has 0 aromatic rings. The Labute approximate surface area is 81.5 Å². The van der Waals surface area contributed by atoms with Gasteiger partial charge >= 0.3 is 0 Å². The van der Waals surface area contributed by atoms with Crippen LogP contribution in [0, 0.1) is 0 Å². The molecule has 0 heterocycles. The van der Waals surface area contributed by atoms with Crippen molar-refractivity contribution in [1.29, 1.82) is 0 Å². The van der Waals surface area contributed by atoms with Gasteiger partial charge in [-0.15, -0.1) is 0 Å². The van der Waals surface area contributed by atoms with Gasteiger partial charge in [0.2, 0.25) is 0 Å². The first-order valence-electron chi connectivity index (χ1n) is 4.99. The standard InChI is InChI=1S/C6H12F2O.2C2H6/c1-3-4-6(7,8)5-9-2;2*1-2/h3-5H2,1-2H3;2*1-2H3. The van der Waals surface area contributed by atoms with Crippen LogP contribution in [0.1, 0.15) is 47.5 Å². The van der Waals surface area contributed by atoms with Gasteiger partial charge in [-0.1, -0.05) is 41.0 Å². The molecule has 0 aliphatic rings. The van der Waals surface area contributed by atoms with Crippen LogP contribution in [0.3, 0.4) is 0 Å². The molecule has 0 aliphatic heterocycles. The Morgan fingerprint density at radius 3 is 1.69 bits per heavy atom. The Morgan fingerprint density at radius 2 is 1.46 bits per heavy atom. The fraction of sp³-hybridized carbons (Fsp3) is 1.00. The Morgan fingerprint density at radius 1 is 1.08 bits per heavy atom. The predicted octanol–water partition coefficient (Wildman–Crippen LogP) is 4.12. The largest absolute Gasteiger partial charge is 0.378 e. The summed E-state index contributed by atoms with van der Waals surface area (Å²) in [6, 6.07) is 0. The van der Waals surface area contributed by atoms with Crippen molar-refractivity contribution in [2.75, 3.05) is 13.7 Å². The van der Waals surface area contributed by atoms with Crippen LogP contribution in [-0.4, -0.2) is 19.6 Å². The summed E-state index contributed by atoms with van der Waals surface area (Å²) in [5.74, 6) is -2.62. The number of alkyl halides is 2. The molecule has 0 saturated heterocycles. The van der Waals surface area contributed by atoms with E-state index in [1.165, 1.54) is 7.11 Å². The molecule has 0 atom stereocenters. The summed E-state index contributed by atoms with van der Waals surface area (Å²) in [5.41, 5.74) is 0. The average Bonchev–Trinajstić information content (AvgIpc) is 2.11. The minimum absolute atomic E-state index is 0.0825. The van der Waals surface area contributed by atoms with Gasteiger partial charge in [0, 0.05) is 13.5 Å². The first-order valence-corrected chi connectivity index (χ1v) is 4.99. The third-order valence-electron chi connectivity index (χ3n) is 0.971.